The van der Waals surface area contributed by atoms with Gasteiger partial charge in [0.25, 0.3) is 0 Å². The summed E-state index contributed by atoms with van der Waals surface area (Å²) in [6.45, 7) is 1.10. The van der Waals surface area contributed by atoms with E-state index in [9.17, 15) is 9.59 Å². The van der Waals surface area contributed by atoms with E-state index in [0.717, 1.165) is 17.7 Å². The van der Waals surface area contributed by atoms with E-state index in [1.54, 1.807) is 11.9 Å². The van der Waals surface area contributed by atoms with Crippen molar-refractivity contribution < 1.29 is 9.59 Å². The van der Waals surface area contributed by atoms with Gasteiger partial charge in [-0.2, -0.15) is 0 Å². The molecule has 1 saturated heterocycles. The van der Waals surface area contributed by atoms with Gasteiger partial charge in [0.1, 0.15) is 0 Å². The van der Waals surface area contributed by atoms with Crippen molar-refractivity contribution >= 4 is 29.9 Å². The maximum absolute atomic E-state index is 11.9. The summed E-state index contributed by atoms with van der Waals surface area (Å²) >= 11 is 0. The third kappa shape index (κ3) is 4.13. The lowest BCUT2D eigenvalue weighted by Gasteiger charge is -2.11. The fourth-order valence-electron chi connectivity index (χ4n) is 2.20. The summed E-state index contributed by atoms with van der Waals surface area (Å²) in [4.78, 5) is 24.8. The van der Waals surface area contributed by atoms with Crippen LogP contribution in [0.15, 0.2) is 24.3 Å². The Kier molecular flexibility index (Phi) is 5.82. The average Bonchev–Trinajstić information content (AvgIpc) is 2.72. The summed E-state index contributed by atoms with van der Waals surface area (Å²) in [6, 6.07) is 7.60. The average molecular weight is 298 g/mol. The zero-order valence-electron chi connectivity index (χ0n) is 11.5. The van der Waals surface area contributed by atoms with Crippen LogP contribution in [0, 0.1) is 5.92 Å². The molecule has 3 N–H and O–H groups in total. The summed E-state index contributed by atoms with van der Waals surface area (Å²) < 4.78 is 0. The van der Waals surface area contributed by atoms with Crippen LogP contribution >= 0.6 is 12.4 Å². The monoisotopic (exact) mass is 297 g/mol. The Bertz CT molecular complexity index is 476. The number of carbonyl (C=O) groups is 2. The maximum atomic E-state index is 11.9. The van der Waals surface area contributed by atoms with E-state index in [0.29, 0.717) is 19.5 Å². The Morgan fingerprint density at radius 1 is 1.40 bits per heavy atom. The number of amides is 2. The van der Waals surface area contributed by atoms with Crippen LogP contribution in [0.3, 0.4) is 0 Å². The van der Waals surface area contributed by atoms with Gasteiger partial charge < -0.3 is 16.0 Å². The van der Waals surface area contributed by atoms with Crippen LogP contribution in [-0.4, -0.2) is 36.9 Å². The number of benzene rings is 1. The molecule has 2 amide bonds. The highest BCUT2D eigenvalue weighted by atomic mass is 35.5. The van der Waals surface area contributed by atoms with Gasteiger partial charge in [-0.3, -0.25) is 9.59 Å². The Morgan fingerprint density at radius 3 is 2.60 bits per heavy atom. The minimum Gasteiger partial charge on any atom is -0.399 e. The van der Waals surface area contributed by atoms with Gasteiger partial charge in [0.05, 0.1) is 5.92 Å². The third-order valence-corrected chi connectivity index (χ3v) is 3.40. The van der Waals surface area contributed by atoms with Gasteiger partial charge in [0.2, 0.25) is 11.8 Å². The zero-order chi connectivity index (χ0) is 13.8. The van der Waals surface area contributed by atoms with E-state index in [4.69, 9.17) is 5.73 Å². The first-order valence-corrected chi connectivity index (χ1v) is 6.42. The number of nitrogens with one attached hydrogen (secondary N) is 1. The van der Waals surface area contributed by atoms with Crippen LogP contribution < -0.4 is 11.1 Å². The van der Waals surface area contributed by atoms with Crippen LogP contribution in [0.5, 0.6) is 0 Å². The van der Waals surface area contributed by atoms with Crippen molar-refractivity contribution in [2.24, 2.45) is 5.92 Å². The highest BCUT2D eigenvalue weighted by Crippen LogP contribution is 2.15. The fourth-order valence-corrected chi connectivity index (χ4v) is 2.20. The molecule has 1 aliphatic rings. The second-order valence-electron chi connectivity index (χ2n) is 4.96. The van der Waals surface area contributed by atoms with Crippen molar-refractivity contribution in [2.75, 3.05) is 25.9 Å². The third-order valence-electron chi connectivity index (χ3n) is 3.40. The maximum Gasteiger partial charge on any atom is 0.225 e. The van der Waals surface area contributed by atoms with Crippen LogP contribution in [0.4, 0.5) is 5.69 Å². The molecule has 20 heavy (non-hydrogen) atoms. The first-order chi connectivity index (χ1) is 9.06. The number of hydrogen-bond donors (Lipinski definition) is 2. The minimum atomic E-state index is -0.205. The van der Waals surface area contributed by atoms with Gasteiger partial charge >= 0.3 is 0 Å². The van der Waals surface area contributed by atoms with Crippen molar-refractivity contribution in [2.45, 2.75) is 12.8 Å². The van der Waals surface area contributed by atoms with Gasteiger partial charge in [0, 0.05) is 32.2 Å². The topological polar surface area (TPSA) is 75.4 Å². The van der Waals surface area contributed by atoms with Crippen LogP contribution in [-0.2, 0) is 16.0 Å². The lowest BCUT2D eigenvalue weighted by molar-refractivity contribution is -0.128. The largest absolute Gasteiger partial charge is 0.399 e. The molecule has 0 radical (unpaired) electrons. The number of halogens is 1. The molecule has 2 rings (SSSR count). The lowest BCUT2D eigenvalue weighted by atomic mass is 10.1. The fraction of sp³-hybridized carbons (Fsp3) is 0.429. The second kappa shape index (κ2) is 7.14. The zero-order valence-corrected chi connectivity index (χ0v) is 12.3. The van der Waals surface area contributed by atoms with E-state index in [1.807, 2.05) is 24.3 Å². The Morgan fingerprint density at radius 2 is 2.05 bits per heavy atom. The molecule has 1 aromatic carbocycles. The predicted molar refractivity (Wildman–Crippen MR) is 80.6 cm³/mol. The molecule has 1 atom stereocenters. The van der Waals surface area contributed by atoms with E-state index in [2.05, 4.69) is 5.32 Å². The van der Waals surface area contributed by atoms with Gasteiger partial charge in [-0.1, -0.05) is 12.1 Å². The quantitative estimate of drug-likeness (QED) is 0.808. The normalized spacial score (nSPS) is 17.8. The number of carbonyl (C=O) groups excluding carboxylic acids is 2. The molecule has 110 valence electrons. The number of nitrogens with zero attached hydrogens (tertiary/aromatic N) is 1. The van der Waals surface area contributed by atoms with E-state index in [1.165, 1.54) is 0 Å². The molecule has 0 aromatic heterocycles. The van der Waals surface area contributed by atoms with Crippen LogP contribution in [0.2, 0.25) is 0 Å². The molecule has 0 saturated carbocycles. The molecule has 1 unspecified atom stereocenters. The molecule has 0 spiro atoms. The number of rotatable bonds is 4. The SMILES string of the molecule is CN1CC(C(=O)NCCc2ccc(N)cc2)CC1=O.Cl. The molecule has 0 bridgehead atoms. The molecule has 6 heteroatoms. The van der Waals surface area contributed by atoms with Gasteiger partial charge in [-0.15, -0.1) is 12.4 Å². The molecule has 1 aromatic rings. The van der Waals surface area contributed by atoms with E-state index >= 15 is 0 Å². The van der Waals surface area contributed by atoms with Crippen molar-refractivity contribution in [1.29, 1.82) is 0 Å². The minimum absolute atomic E-state index is 0. The van der Waals surface area contributed by atoms with E-state index in [-0.39, 0.29) is 30.1 Å². The first-order valence-electron chi connectivity index (χ1n) is 6.42. The molecule has 1 heterocycles. The summed E-state index contributed by atoms with van der Waals surface area (Å²) in [6.07, 6.45) is 1.09. The Balaban J connectivity index is 0.00000200. The molecular formula is C14H20ClN3O2. The summed E-state index contributed by atoms with van der Waals surface area (Å²) in [5, 5.41) is 2.88. The Labute approximate surface area is 124 Å². The number of nitrogens with two attached hydrogens (primary N) is 1. The Hall–Kier alpha value is -1.75. The molecule has 1 fully saturated rings. The number of hydrogen-bond acceptors (Lipinski definition) is 3. The predicted octanol–water partition coefficient (Wildman–Crippen LogP) is 0.828. The van der Waals surface area contributed by atoms with Crippen molar-refractivity contribution in [3.63, 3.8) is 0 Å². The number of anilines is 1. The van der Waals surface area contributed by atoms with Gasteiger partial charge in [-0.25, -0.2) is 0 Å². The first kappa shape index (κ1) is 16.3. The molecule has 5 nitrogen and oxygen atoms in total. The highest BCUT2D eigenvalue weighted by Gasteiger charge is 2.31. The lowest BCUT2D eigenvalue weighted by Crippen LogP contribution is -2.33. The summed E-state index contributed by atoms with van der Waals surface area (Å²) in [5.74, 6) is -0.198. The van der Waals surface area contributed by atoms with Crippen LogP contribution in [0.1, 0.15) is 12.0 Å². The summed E-state index contributed by atoms with van der Waals surface area (Å²) in [5.41, 5.74) is 7.48. The summed E-state index contributed by atoms with van der Waals surface area (Å²) in [7, 11) is 1.73. The van der Waals surface area contributed by atoms with Gasteiger partial charge in [0.15, 0.2) is 0 Å². The molecule has 0 aliphatic carbocycles. The molecule has 1 aliphatic heterocycles. The van der Waals surface area contributed by atoms with Crippen molar-refractivity contribution in [1.82, 2.24) is 10.2 Å². The molecular weight excluding hydrogens is 278 g/mol. The van der Waals surface area contributed by atoms with Crippen molar-refractivity contribution in [3.05, 3.63) is 29.8 Å². The van der Waals surface area contributed by atoms with Crippen molar-refractivity contribution in [3.8, 4) is 0 Å². The van der Waals surface area contributed by atoms with Gasteiger partial charge in [-0.05, 0) is 24.1 Å². The van der Waals surface area contributed by atoms with Crippen LogP contribution in [0.25, 0.3) is 0 Å². The second-order valence-corrected chi connectivity index (χ2v) is 4.96. The highest BCUT2D eigenvalue weighted by molar-refractivity contribution is 5.89. The van der Waals surface area contributed by atoms with E-state index < -0.39 is 0 Å². The smallest absolute Gasteiger partial charge is 0.225 e. The number of nitrogen functional groups attached to an aromatic ring is 1. The standard InChI is InChI=1S/C14H19N3O2.ClH/c1-17-9-11(8-13(17)18)14(19)16-7-6-10-2-4-12(15)5-3-10;/h2-5,11H,6-9,15H2,1H3,(H,16,19);1H. The number of likely N-dealkylation sites (tertiary alicyclic amines) is 1.